The van der Waals surface area contributed by atoms with Crippen LogP contribution in [0.1, 0.15) is 9.75 Å². The van der Waals surface area contributed by atoms with E-state index in [2.05, 4.69) is 29.4 Å². The highest BCUT2D eigenvalue weighted by Crippen LogP contribution is 2.17. The average Bonchev–Trinajstić information content (AvgIpc) is 2.73. The number of aromatic nitrogens is 1. The summed E-state index contributed by atoms with van der Waals surface area (Å²) in [5.74, 6) is 0.640. The van der Waals surface area contributed by atoms with E-state index in [9.17, 15) is 10.1 Å². The molecule has 6 heteroatoms. The molecule has 0 spiro atoms. The van der Waals surface area contributed by atoms with Gasteiger partial charge in [0, 0.05) is 15.8 Å². The van der Waals surface area contributed by atoms with Crippen molar-refractivity contribution in [3.8, 4) is 0 Å². The van der Waals surface area contributed by atoms with E-state index in [0.717, 1.165) is 0 Å². The third-order valence-corrected chi connectivity index (χ3v) is 3.20. The fraction of sp³-hybridized carbons (Fsp3) is 0.182. The highest BCUT2D eigenvalue weighted by atomic mass is 32.1. The molecule has 0 aliphatic rings. The van der Waals surface area contributed by atoms with Crippen LogP contribution in [0.25, 0.3) is 0 Å². The normalized spacial score (nSPS) is 10.2. The first-order valence-corrected chi connectivity index (χ1v) is 5.86. The van der Waals surface area contributed by atoms with Crippen molar-refractivity contribution in [3.05, 3.63) is 50.3 Å². The number of thiophene rings is 1. The van der Waals surface area contributed by atoms with E-state index in [1.54, 1.807) is 17.4 Å². The van der Waals surface area contributed by atoms with Crippen LogP contribution in [0.4, 0.5) is 11.5 Å². The Balaban J connectivity index is 1.97. The molecule has 88 valence electrons. The number of nitro groups is 1. The van der Waals surface area contributed by atoms with Crippen LogP contribution in [0, 0.1) is 17.0 Å². The summed E-state index contributed by atoms with van der Waals surface area (Å²) in [6, 6.07) is 7.16. The lowest BCUT2D eigenvalue weighted by molar-refractivity contribution is -0.385. The van der Waals surface area contributed by atoms with E-state index >= 15 is 0 Å². The van der Waals surface area contributed by atoms with Crippen LogP contribution in [0.15, 0.2) is 30.5 Å². The van der Waals surface area contributed by atoms with Gasteiger partial charge >= 0.3 is 0 Å². The maximum absolute atomic E-state index is 10.4. The lowest BCUT2D eigenvalue weighted by Gasteiger charge is -2.02. The summed E-state index contributed by atoms with van der Waals surface area (Å²) in [5.41, 5.74) is 0.00233. The Bertz CT molecular complexity index is 522. The first-order valence-electron chi connectivity index (χ1n) is 5.05. The van der Waals surface area contributed by atoms with Crippen LogP contribution < -0.4 is 5.32 Å². The summed E-state index contributed by atoms with van der Waals surface area (Å²) in [5, 5.41) is 13.6. The van der Waals surface area contributed by atoms with E-state index in [1.165, 1.54) is 22.0 Å². The molecule has 0 saturated carbocycles. The predicted octanol–water partition coefficient (Wildman–Crippen LogP) is 2.97. The molecule has 0 aromatic carbocycles. The van der Waals surface area contributed by atoms with E-state index in [0.29, 0.717) is 12.4 Å². The minimum Gasteiger partial charge on any atom is -0.365 e. The van der Waals surface area contributed by atoms with Gasteiger partial charge in [-0.2, -0.15) is 0 Å². The molecule has 0 amide bonds. The number of hydrogen-bond acceptors (Lipinski definition) is 5. The lowest BCUT2D eigenvalue weighted by atomic mass is 10.4. The quantitative estimate of drug-likeness (QED) is 0.668. The molecule has 0 aliphatic carbocycles. The summed E-state index contributed by atoms with van der Waals surface area (Å²) in [4.78, 5) is 16.4. The predicted molar refractivity (Wildman–Crippen MR) is 67.3 cm³/mol. The summed E-state index contributed by atoms with van der Waals surface area (Å²) in [7, 11) is 0. The Morgan fingerprint density at radius 2 is 2.24 bits per heavy atom. The first-order chi connectivity index (χ1) is 8.15. The van der Waals surface area contributed by atoms with Crippen molar-refractivity contribution in [3.63, 3.8) is 0 Å². The highest BCUT2D eigenvalue weighted by Gasteiger charge is 2.05. The topological polar surface area (TPSA) is 68.1 Å². The van der Waals surface area contributed by atoms with Gasteiger partial charge in [-0.1, -0.05) is 0 Å². The second kappa shape index (κ2) is 4.92. The zero-order chi connectivity index (χ0) is 12.3. The molecule has 0 bridgehead atoms. The van der Waals surface area contributed by atoms with Gasteiger partial charge in [-0.3, -0.25) is 10.1 Å². The Morgan fingerprint density at radius 1 is 1.41 bits per heavy atom. The minimum absolute atomic E-state index is 0.00233. The Labute approximate surface area is 102 Å². The molecule has 0 atom stereocenters. The number of anilines is 1. The van der Waals surface area contributed by atoms with Crippen molar-refractivity contribution in [2.24, 2.45) is 0 Å². The fourth-order valence-electron chi connectivity index (χ4n) is 1.36. The molecule has 2 aromatic rings. The number of hydrogen-bond donors (Lipinski definition) is 1. The van der Waals surface area contributed by atoms with Crippen molar-refractivity contribution in [2.45, 2.75) is 13.5 Å². The van der Waals surface area contributed by atoms with E-state index in [4.69, 9.17) is 0 Å². The van der Waals surface area contributed by atoms with Crippen molar-refractivity contribution < 1.29 is 4.92 Å². The second-order valence-electron chi connectivity index (χ2n) is 3.52. The molecular weight excluding hydrogens is 238 g/mol. The van der Waals surface area contributed by atoms with Crippen LogP contribution in [0.3, 0.4) is 0 Å². The number of pyridine rings is 1. The maximum Gasteiger partial charge on any atom is 0.287 e. The highest BCUT2D eigenvalue weighted by molar-refractivity contribution is 7.11. The number of rotatable bonds is 4. The molecule has 2 aromatic heterocycles. The van der Waals surface area contributed by atoms with Gasteiger partial charge in [0.05, 0.1) is 11.5 Å². The summed E-state index contributed by atoms with van der Waals surface area (Å²) in [6.45, 7) is 2.74. The number of aryl methyl sites for hydroxylation is 1. The van der Waals surface area contributed by atoms with E-state index in [-0.39, 0.29) is 5.69 Å². The zero-order valence-electron chi connectivity index (χ0n) is 9.21. The first kappa shape index (κ1) is 11.5. The van der Waals surface area contributed by atoms with Gasteiger partial charge in [-0.15, -0.1) is 11.3 Å². The third-order valence-electron chi connectivity index (χ3n) is 2.20. The van der Waals surface area contributed by atoms with Crippen molar-refractivity contribution in [2.75, 3.05) is 5.32 Å². The summed E-state index contributed by atoms with van der Waals surface area (Å²) in [6.07, 6.45) is 1.25. The number of nitrogens with one attached hydrogen (secondary N) is 1. The van der Waals surface area contributed by atoms with Crippen LogP contribution in [0.5, 0.6) is 0 Å². The van der Waals surface area contributed by atoms with Crippen molar-refractivity contribution >= 4 is 22.8 Å². The van der Waals surface area contributed by atoms with Crippen molar-refractivity contribution in [1.82, 2.24) is 4.98 Å². The molecule has 0 radical (unpaired) electrons. The number of nitrogens with zero attached hydrogens (tertiary/aromatic N) is 2. The second-order valence-corrected chi connectivity index (χ2v) is 4.90. The molecule has 17 heavy (non-hydrogen) atoms. The Hall–Kier alpha value is -1.95. The molecule has 1 N–H and O–H groups in total. The monoisotopic (exact) mass is 249 g/mol. The average molecular weight is 249 g/mol. The van der Waals surface area contributed by atoms with Gasteiger partial charge in [0.1, 0.15) is 12.0 Å². The maximum atomic E-state index is 10.4. The Kier molecular flexibility index (Phi) is 3.34. The van der Waals surface area contributed by atoms with Gasteiger partial charge < -0.3 is 5.32 Å². The molecule has 2 rings (SSSR count). The van der Waals surface area contributed by atoms with E-state index in [1.807, 2.05) is 0 Å². The van der Waals surface area contributed by atoms with Crippen molar-refractivity contribution in [1.29, 1.82) is 0 Å². The SMILES string of the molecule is Cc1ccc(CNc2ccc([N+](=O)[O-])cn2)s1. The zero-order valence-corrected chi connectivity index (χ0v) is 10.0. The molecule has 0 fully saturated rings. The molecule has 0 saturated heterocycles. The van der Waals surface area contributed by atoms with Crippen LogP contribution in [-0.2, 0) is 6.54 Å². The standard InChI is InChI=1S/C11H11N3O2S/c1-8-2-4-10(17-8)7-13-11-5-3-9(6-12-11)14(15)16/h2-6H,7H2,1H3,(H,12,13). The van der Waals surface area contributed by atoms with Crippen LogP contribution in [0.2, 0.25) is 0 Å². The third kappa shape index (κ3) is 3.01. The van der Waals surface area contributed by atoms with Gasteiger partial charge in [0.15, 0.2) is 0 Å². The smallest absolute Gasteiger partial charge is 0.287 e. The molecule has 0 aliphatic heterocycles. The summed E-state index contributed by atoms with van der Waals surface area (Å²) < 4.78 is 0. The molecular formula is C11H11N3O2S. The largest absolute Gasteiger partial charge is 0.365 e. The minimum atomic E-state index is -0.459. The summed E-state index contributed by atoms with van der Waals surface area (Å²) >= 11 is 1.72. The van der Waals surface area contributed by atoms with Gasteiger partial charge in [0.25, 0.3) is 5.69 Å². The Morgan fingerprint density at radius 3 is 2.76 bits per heavy atom. The molecule has 0 unspecified atom stereocenters. The van der Waals surface area contributed by atoms with Crippen LogP contribution in [-0.4, -0.2) is 9.91 Å². The van der Waals surface area contributed by atoms with Gasteiger partial charge in [-0.25, -0.2) is 4.98 Å². The van der Waals surface area contributed by atoms with E-state index < -0.39 is 4.92 Å². The fourth-order valence-corrected chi connectivity index (χ4v) is 2.19. The van der Waals surface area contributed by atoms with Gasteiger partial charge in [-0.05, 0) is 25.1 Å². The van der Waals surface area contributed by atoms with Gasteiger partial charge in [0.2, 0.25) is 0 Å². The molecule has 2 heterocycles. The lowest BCUT2D eigenvalue weighted by Crippen LogP contribution is -1.99. The molecule has 5 nitrogen and oxygen atoms in total. The van der Waals surface area contributed by atoms with Crippen LogP contribution >= 0.6 is 11.3 Å².